The molecule has 31 heavy (non-hydrogen) atoms. The summed E-state index contributed by atoms with van der Waals surface area (Å²) >= 11 is 0. The zero-order chi connectivity index (χ0) is 22.2. The number of alkyl halides is 3. The van der Waals surface area contributed by atoms with E-state index in [2.05, 4.69) is 20.5 Å². The van der Waals surface area contributed by atoms with Gasteiger partial charge in [-0.05, 0) is 30.3 Å². The van der Waals surface area contributed by atoms with Gasteiger partial charge in [0, 0.05) is 30.9 Å². The van der Waals surface area contributed by atoms with Crippen LogP contribution in [0.1, 0.15) is 21.6 Å². The molecule has 160 valence electrons. The average Bonchev–Trinajstić information content (AvgIpc) is 3.36. The van der Waals surface area contributed by atoms with Crippen molar-refractivity contribution < 1.29 is 22.7 Å². The second-order valence-corrected chi connectivity index (χ2v) is 6.75. The number of aryl methyl sites for hydroxylation is 1. The number of methoxy groups -OCH3 is 1. The monoisotopic (exact) mass is 430 g/mol. The predicted molar refractivity (Wildman–Crippen MR) is 104 cm³/mol. The van der Waals surface area contributed by atoms with Gasteiger partial charge in [0.2, 0.25) is 0 Å². The zero-order valence-electron chi connectivity index (χ0n) is 16.5. The number of nitrogens with one attached hydrogen (secondary N) is 1. The Kier molecular flexibility index (Phi) is 5.09. The molecule has 0 fully saturated rings. The number of hydrogen-bond donors (Lipinski definition) is 1. The number of hydrogen-bond acceptors (Lipinski definition) is 5. The van der Waals surface area contributed by atoms with Crippen LogP contribution in [0.4, 0.5) is 13.2 Å². The number of rotatable bonds is 5. The quantitative estimate of drug-likeness (QED) is 0.526. The maximum absolute atomic E-state index is 13.7. The Morgan fingerprint density at radius 3 is 2.52 bits per heavy atom. The van der Waals surface area contributed by atoms with Gasteiger partial charge in [0.05, 0.1) is 25.2 Å². The SMILES string of the molecule is COc1ccc(-c2cc(C(F)(F)F)n3ncc(C(=O)NCc4cnn(C)c4)c3n2)cc1. The normalized spacial score (nSPS) is 11.6. The molecule has 0 atom stereocenters. The van der Waals surface area contributed by atoms with Crippen LogP contribution in [-0.2, 0) is 19.8 Å². The molecule has 0 aliphatic carbocycles. The van der Waals surface area contributed by atoms with Crippen molar-refractivity contribution >= 4 is 11.6 Å². The number of ether oxygens (including phenoxy) is 1. The smallest absolute Gasteiger partial charge is 0.433 e. The summed E-state index contributed by atoms with van der Waals surface area (Å²) in [5.41, 5.74) is -0.0418. The van der Waals surface area contributed by atoms with E-state index >= 15 is 0 Å². The average molecular weight is 430 g/mol. The minimum Gasteiger partial charge on any atom is -0.497 e. The Morgan fingerprint density at radius 1 is 1.16 bits per heavy atom. The second kappa shape index (κ2) is 7.74. The molecule has 3 heterocycles. The second-order valence-electron chi connectivity index (χ2n) is 6.75. The van der Waals surface area contributed by atoms with Crippen LogP contribution in [0, 0.1) is 0 Å². The number of halogens is 3. The number of nitrogens with zero attached hydrogens (tertiary/aromatic N) is 5. The first kappa shape index (κ1) is 20.4. The van der Waals surface area contributed by atoms with Crippen molar-refractivity contribution in [3.05, 3.63) is 65.7 Å². The lowest BCUT2D eigenvalue weighted by Gasteiger charge is -2.12. The summed E-state index contributed by atoms with van der Waals surface area (Å²) in [5.74, 6) is -0.0351. The van der Waals surface area contributed by atoms with Gasteiger partial charge in [-0.1, -0.05) is 0 Å². The topological polar surface area (TPSA) is 86.3 Å². The minimum absolute atomic E-state index is 0.0595. The van der Waals surface area contributed by atoms with E-state index < -0.39 is 17.8 Å². The van der Waals surface area contributed by atoms with Gasteiger partial charge < -0.3 is 10.1 Å². The molecule has 0 bridgehead atoms. The molecule has 0 spiro atoms. The van der Waals surface area contributed by atoms with Crippen molar-refractivity contribution in [3.63, 3.8) is 0 Å². The Labute approximate surface area is 174 Å². The van der Waals surface area contributed by atoms with Crippen LogP contribution >= 0.6 is 0 Å². The predicted octanol–water partition coefficient (Wildman–Crippen LogP) is 3.09. The number of carbonyl (C=O) groups is 1. The van der Waals surface area contributed by atoms with Gasteiger partial charge in [-0.3, -0.25) is 9.48 Å². The van der Waals surface area contributed by atoms with Crippen molar-refractivity contribution in [2.75, 3.05) is 7.11 Å². The molecule has 0 radical (unpaired) electrons. The fourth-order valence-corrected chi connectivity index (χ4v) is 3.08. The molecule has 0 saturated carbocycles. The Hall–Kier alpha value is -3.89. The van der Waals surface area contributed by atoms with Crippen LogP contribution < -0.4 is 10.1 Å². The first-order chi connectivity index (χ1) is 14.8. The van der Waals surface area contributed by atoms with Crippen LogP contribution in [0.3, 0.4) is 0 Å². The van der Waals surface area contributed by atoms with Crippen molar-refractivity contribution in [2.45, 2.75) is 12.7 Å². The Morgan fingerprint density at radius 2 is 1.90 bits per heavy atom. The highest BCUT2D eigenvalue weighted by molar-refractivity contribution is 5.99. The van der Waals surface area contributed by atoms with E-state index in [1.807, 2.05) is 0 Å². The number of benzene rings is 1. The standard InChI is InChI=1S/C20H17F3N6O2/c1-28-11-12(9-25-28)8-24-19(30)15-10-26-29-17(20(21,22)23)7-16(27-18(15)29)13-3-5-14(31-2)6-4-13/h3-7,9-11H,8H2,1-2H3,(H,24,30). The van der Waals surface area contributed by atoms with E-state index in [1.54, 1.807) is 48.4 Å². The van der Waals surface area contributed by atoms with E-state index in [4.69, 9.17) is 4.74 Å². The molecule has 1 aromatic carbocycles. The molecule has 0 aliphatic rings. The molecular weight excluding hydrogens is 413 g/mol. The van der Waals surface area contributed by atoms with E-state index in [9.17, 15) is 18.0 Å². The molecule has 0 aliphatic heterocycles. The van der Waals surface area contributed by atoms with Crippen LogP contribution in [0.25, 0.3) is 16.9 Å². The maximum Gasteiger partial charge on any atom is 0.433 e. The molecule has 1 N–H and O–H groups in total. The van der Waals surface area contributed by atoms with Crippen molar-refractivity contribution in [1.82, 2.24) is 29.7 Å². The Balaban J connectivity index is 1.75. The zero-order valence-corrected chi connectivity index (χ0v) is 16.5. The van der Waals surface area contributed by atoms with Gasteiger partial charge in [-0.15, -0.1) is 0 Å². The summed E-state index contributed by atoms with van der Waals surface area (Å²) in [5, 5.41) is 10.4. The van der Waals surface area contributed by atoms with Gasteiger partial charge in [-0.2, -0.15) is 23.4 Å². The molecule has 0 unspecified atom stereocenters. The molecular formula is C20H17F3N6O2. The summed E-state index contributed by atoms with van der Waals surface area (Å²) in [6.45, 7) is 0.161. The lowest BCUT2D eigenvalue weighted by Crippen LogP contribution is -2.23. The lowest BCUT2D eigenvalue weighted by atomic mass is 10.1. The van der Waals surface area contributed by atoms with E-state index in [0.29, 0.717) is 15.8 Å². The van der Waals surface area contributed by atoms with Crippen LogP contribution in [-0.4, -0.2) is 37.4 Å². The summed E-state index contributed by atoms with van der Waals surface area (Å²) < 4.78 is 48.4. The first-order valence-electron chi connectivity index (χ1n) is 9.12. The lowest BCUT2D eigenvalue weighted by molar-refractivity contribution is -0.142. The van der Waals surface area contributed by atoms with Crippen LogP contribution in [0.5, 0.6) is 5.75 Å². The van der Waals surface area contributed by atoms with Gasteiger partial charge in [0.1, 0.15) is 11.3 Å². The third-order valence-corrected chi connectivity index (χ3v) is 4.60. The highest BCUT2D eigenvalue weighted by atomic mass is 19.4. The van der Waals surface area contributed by atoms with Crippen molar-refractivity contribution in [3.8, 4) is 17.0 Å². The van der Waals surface area contributed by atoms with Crippen molar-refractivity contribution in [1.29, 1.82) is 0 Å². The summed E-state index contributed by atoms with van der Waals surface area (Å²) in [6, 6.07) is 7.32. The summed E-state index contributed by atoms with van der Waals surface area (Å²) in [7, 11) is 3.23. The molecule has 11 heteroatoms. The van der Waals surface area contributed by atoms with E-state index in [0.717, 1.165) is 17.8 Å². The summed E-state index contributed by atoms with van der Waals surface area (Å²) in [6.07, 6.45) is -0.317. The molecule has 4 aromatic rings. The molecule has 0 saturated heterocycles. The fourth-order valence-electron chi connectivity index (χ4n) is 3.08. The highest BCUT2D eigenvalue weighted by Crippen LogP contribution is 2.33. The molecule has 3 aromatic heterocycles. The van der Waals surface area contributed by atoms with Gasteiger partial charge in [-0.25, -0.2) is 9.50 Å². The van der Waals surface area contributed by atoms with Gasteiger partial charge in [0.15, 0.2) is 11.3 Å². The van der Waals surface area contributed by atoms with Crippen LogP contribution in [0.2, 0.25) is 0 Å². The summed E-state index contributed by atoms with van der Waals surface area (Å²) in [4.78, 5) is 17.0. The van der Waals surface area contributed by atoms with Crippen LogP contribution in [0.15, 0.2) is 48.9 Å². The minimum atomic E-state index is -4.70. The largest absolute Gasteiger partial charge is 0.497 e. The number of amides is 1. The van der Waals surface area contributed by atoms with Crippen molar-refractivity contribution in [2.24, 2.45) is 7.05 Å². The molecule has 4 rings (SSSR count). The fraction of sp³-hybridized carbons (Fsp3) is 0.200. The van der Waals surface area contributed by atoms with E-state index in [1.165, 1.54) is 7.11 Å². The third kappa shape index (κ3) is 4.06. The molecule has 8 nitrogen and oxygen atoms in total. The highest BCUT2D eigenvalue weighted by Gasteiger charge is 2.36. The maximum atomic E-state index is 13.7. The number of carbonyl (C=O) groups excluding carboxylic acids is 1. The van der Waals surface area contributed by atoms with Gasteiger partial charge in [0.25, 0.3) is 5.91 Å². The number of fused-ring (bicyclic) bond motifs is 1. The van der Waals surface area contributed by atoms with E-state index in [-0.39, 0.29) is 23.4 Å². The number of aromatic nitrogens is 5. The Bertz CT molecular complexity index is 1240. The first-order valence-corrected chi connectivity index (χ1v) is 9.12. The third-order valence-electron chi connectivity index (χ3n) is 4.60. The molecule has 1 amide bonds. The van der Waals surface area contributed by atoms with Gasteiger partial charge >= 0.3 is 6.18 Å².